The Morgan fingerprint density at radius 1 is 1.47 bits per heavy atom. The summed E-state index contributed by atoms with van der Waals surface area (Å²) in [5.74, 6) is 0. The number of anilines is 1. The van der Waals surface area contributed by atoms with Crippen LogP contribution in [0.2, 0.25) is 0 Å². The van der Waals surface area contributed by atoms with Crippen LogP contribution in [-0.4, -0.2) is 19.5 Å². The van der Waals surface area contributed by atoms with E-state index in [1.165, 1.54) is 6.20 Å². The SMILES string of the molecule is Cc1cc(-c2ncc(F)[se]2)cc(Br)c1N. The molecule has 0 saturated carbocycles. The first-order valence-corrected chi connectivity index (χ1v) is 6.76. The number of nitrogen functional groups attached to an aromatic ring is 1. The third kappa shape index (κ3) is 2.14. The standard InChI is InChI=1S/C10H8BrFN2Se/c1-5-2-6(3-7(11)9(5)13)10-14-4-8(12)15-10/h2-4H,13H2,1H3. The van der Waals surface area contributed by atoms with E-state index in [1.807, 2.05) is 19.1 Å². The zero-order valence-corrected chi connectivity index (χ0v) is 11.2. The van der Waals surface area contributed by atoms with Gasteiger partial charge in [-0.05, 0) is 0 Å². The van der Waals surface area contributed by atoms with Gasteiger partial charge < -0.3 is 0 Å². The van der Waals surface area contributed by atoms with Crippen LogP contribution in [0, 0.1) is 11.6 Å². The zero-order valence-electron chi connectivity index (χ0n) is 7.92. The molecule has 1 heterocycles. The average Bonchev–Trinajstić information content (AvgIpc) is 2.60. The summed E-state index contributed by atoms with van der Waals surface area (Å²) in [7, 11) is 0. The first kappa shape index (κ1) is 10.9. The Morgan fingerprint density at radius 2 is 2.20 bits per heavy atom. The van der Waals surface area contributed by atoms with Crippen molar-refractivity contribution >= 4 is 36.1 Å². The number of halogens is 2. The Bertz CT molecular complexity index is 487. The molecule has 0 aliphatic carbocycles. The van der Waals surface area contributed by atoms with Gasteiger partial charge in [0, 0.05) is 0 Å². The molecule has 2 N–H and O–H groups in total. The van der Waals surface area contributed by atoms with Crippen molar-refractivity contribution in [1.82, 2.24) is 4.98 Å². The summed E-state index contributed by atoms with van der Waals surface area (Å²) in [6.45, 7) is 1.93. The molecule has 2 nitrogen and oxygen atoms in total. The number of benzene rings is 1. The Hall–Kier alpha value is -0.641. The molecule has 0 radical (unpaired) electrons. The van der Waals surface area contributed by atoms with Crippen molar-refractivity contribution in [2.75, 3.05) is 5.73 Å². The molecule has 1 aromatic carbocycles. The van der Waals surface area contributed by atoms with Crippen LogP contribution in [0.4, 0.5) is 10.1 Å². The van der Waals surface area contributed by atoms with Crippen LogP contribution in [-0.2, 0) is 0 Å². The second-order valence-corrected chi connectivity index (χ2v) is 6.07. The maximum absolute atomic E-state index is 12.9. The zero-order chi connectivity index (χ0) is 11.0. The molecule has 0 unspecified atom stereocenters. The topological polar surface area (TPSA) is 38.9 Å². The molecule has 15 heavy (non-hydrogen) atoms. The summed E-state index contributed by atoms with van der Waals surface area (Å²) < 4.78 is 14.4. The van der Waals surface area contributed by atoms with E-state index in [-0.39, 0.29) is 19.2 Å². The van der Waals surface area contributed by atoms with Crippen molar-refractivity contribution in [2.24, 2.45) is 0 Å². The van der Waals surface area contributed by atoms with E-state index < -0.39 is 0 Å². The first-order valence-electron chi connectivity index (χ1n) is 4.25. The normalized spacial score (nSPS) is 10.6. The van der Waals surface area contributed by atoms with E-state index in [0.29, 0.717) is 0 Å². The molecule has 2 rings (SSSR count). The van der Waals surface area contributed by atoms with Crippen molar-refractivity contribution in [1.29, 1.82) is 0 Å². The van der Waals surface area contributed by atoms with Crippen molar-refractivity contribution in [3.05, 3.63) is 33.1 Å². The summed E-state index contributed by atoms with van der Waals surface area (Å²) in [5.41, 5.74) is 8.45. The molecule has 0 spiro atoms. The Morgan fingerprint density at radius 3 is 2.73 bits per heavy atom. The van der Waals surface area contributed by atoms with Crippen molar-refractivity contribution in [2.45, 2.75) is 6.92 Å². The number of aryl methyl sites for hydroxylation is 1. The number of nitrogens with zero attached hydrogens (tertiary/aromatic N) is 1. The molecule has 78 valence electrons. The summed E-state index contributed by atoms with van der Waals surface area (Å²) in [5, 5.41) is 0. The van der Waals surface area contributed by atoms with Crippen LogP contribution in [0.1, 0.15) is 5.56 Å². The van der Waals surface area contributed by atoms with Crippen molar-refractivity contribution in [3.63, 3.8) is 0 Å². The van der Waals surface area contributed by atoms with E-state index in [0.717, 1.165) is 25.9 Å². The number of aromatic nitrogens is 1. The van der Waals surface area contributed by atoms with Gasteiger partial charge in [0.05, 0.1) is 0 Å². The molecule has 2 aromatic rings. The molecule has 0 saturated heterocycles. The molecule has 0 fully saturated rings. The van der Waals surface area contributed by atoms with E-state index in [4.69, 9.17) is 5.73 Å². The first-order chi connectivity index (χ1) is 7.08. The minimum atomic E-state index is -0.290. The van der Waals surface area contributed by atoms with Crippen LogP contribution >= 0.6 is 15.9 Å². The number of hydrogen-bond donors (Lipinski definition) is 1. The van der Waals surface area contributed by atoms with Gasteiger partial charge in [-0.25, -0.2) is 0 Å². The molecule has 0 aliphatic rings. The molecule has 0 bridgehead atoms. The predicted octanol–water partition coefficient (Wildman–Crippen LogP) is 2.60. The second-order valence-electron chi connectivity index (χ2n) is 3.16. The van der Waals surface area contributed by atoms with Gasteiger partial charge in [-0.3, -0.25) is 0 Å². The summed E-state index contributed by atoms with van der Waals surface area (Å²) in [6.07, 6.45) is 1.29. The van der Waals surface area contributed by atoms with Crippen LogP contribution < -0.4 is 5.73 Å². The summed E-state index contributed by atoms with van der Waals surface area (Å²) in [4.78, 5) is 4.04. The van der Waals surface area contributed by atoms with Gasteiger partial charge >= 0.3 is 101 Å². The summed E-state index contributed by atoms with van der Waals surface area (Å²) in [6, 6.07) is 3.82. The van der Waals surface area contributed by atoms with E-state index in [1.54, 1.807) is 0 Å². The monoisotopic (exact) mass is 334 g/mol. The Labute approximate surface area is 101 Å². The Balaban J connectivity index is 2.55. The Kier molecular flexibility index (Phi) is 2.96. The van der Waals surface area contributed by atoms with Gasteiger partial charge in [0.2, 0.25) is 0 Å². The molecule has 0 atom stereocenters. The molecular formula is C10H8BrFN2Se. The minimum absolute atomic E-state index is 0.136. The molecular weight excluding hydrogens is 326 g/mol. The van der Waals surface area contributed by atoms with E-state index in [9.17, 15) is 4.39 Å². The molecule has 5 heteroatoms. The van der Waals surface area contributed by atoms with Crippen LogP contribution in [0.5, 0.6) is 0 Å². The van der Waals surface area contributed by atoms with Gasteiger partial charge in [-0.15, -0.1) is 0 Å². The predicted molar refractivity (Wildman–Crippen MR) is 63.4 cm³/mol. The van der Waals surface area contributed by atoms with Crippen LogP contribution in [0.3, 0.4) is 0 Å². The maximum atomic E-state index is 12.9. The third-order valence-corrected chi connectivity index (χ3v) is 4.47. The van der Waals surface area contributed by atoms with Crippen molar-refractivity contribution in [3.8, 4) is 10.1 Å². The fourth-order valence-corrected chi connectivity index (χ4v) is 3.15. The third-order valence-electron chi connectivity index (χ3n) is 2.06. The van der Waals surface area contributed by atoms with Crippen molar-refractivity contribution < 1.29 is 4.39 Å². The fraction of sp³-hybridized carbons (Fsp3) is 0.100. The number of nitrogens with two attached hydrogens (primary N) is 1. The van der Waals surface area contributed by atoms with Gasteiger partial charge in [-0.1, -0.05) is 0 Å². The van der Waals surface area contributed by atoms with Gasteiger partial charge in [-0.2, -0.15) is 0 Å². The molecule has 0 aliphatic heterocycles. The van der Waals surface area contributed by atoms with E-state index in [2.05, 4.69) is 20.9 Å². The van der Waals surface area contributed by atoms with Crippen LogP contribution in [0.25, 0.3) is 10.1 Å². The number of hydrogen-bond acceptors (Lipinski definition) is 2. The average molecular weight is 334 g/mol. The van der Waals surface area contributed by atoms with E-state index >= 15 is 0 Å². The second kappa shape index (κ2) is 4.08. The number of rotatable bonds is 1. The summed E-state index contributed by atoms with van der Waals surface area (Å²) >= 11 is 3.09. The van der Waals surface area contributed by atoms with Crippen LogP contribution in [0.15, 0.2) is 22.8 Å². The molecule has 1 aromatic heterocycles. The molecule has 0 amide bonds. The van der Waals surface area contributed by atoms with Gasteiger partial charge in [0.15, 0.2) is 0 Å². The quantitative estimate of drug-likeness (QED) is 0.643. The fourth-order valence-electron chi connectivity index (χ4n) is 1.27. The van der Waals surface area contributed by atoms with Gasteiger partial charge in [0.1, 0.15) is 0 Å². The van der Waals surface area contributed by atoms with Gasteiger partial charge in [0.25, 0.3) is 0 Å².